The highest BCUT2D eigenvalue weighted by Gasteiger charge is 2.07. The van der Waals surface area contributed by atoms with Gasteiger partial charge in [-0.05, 0) is 6.42 Å². The van der Waals surface area contributed by atoms with Crippen LogP contribution in [-0.2, 0) is 22.8 Å². The van der Waals surface area contributed by atoms with Crippen molar-refractivity contribution in [3.63, 3.8) is 0 Å². The van der Waals surface area contributed by atoms with Gasteiger partial charge in [0.1, 0.15) is 15.7 Å². The van der Waals surface area contributed by atoms with Crippen LogP contribution in [0.5, 0.6) is 0 Å². The molecule has 0 saturated heterocycles. The van der Waals surface area contributed by atoms with Crippen LogP contribution >= 0.6 is 0 Å². The SMILES string of the molecule is CCc1cc(N)nn1CCS(C)(=O)=O. The number of sulfone groups is 1. The average Bonchev–Trinajstić information content (AvgIpc) is 2.41. The zero-order valence-electron chi connectivity index (χ0n) is 8.40. The van der Waals surface area contributed by atoms with Gasteiger partial charge in [-0.15, -0.1) is 0 Å². The van der Waals surface area contributed by atoms with Crippen molar-refractivity contribution >= 4 is 15.7 Å². The van der Waals surface area contributed by atoms with Gasteiger partial charge < -0.3 is 5.73 Å². The molecule has 0 aromatic carbocycles. The van der Waals surface area contributed by atoms with Gasteiger partial charge in [0, 0.05) is 18.0 Å². The second kappa shape index (κ2) is 4.00. The van der Waals surface area contributed by atoms with Crippen LogP contribution in [-0.4, -0.2) is 30.2 Å². The minimum Gasteiger partial charge on any atom is -0.382 e. The largest absolute Gasteiger partial charge is 0.382 e. The lowest BCUT2D eigenvalue weighted by atomic mass is 10.3. The van der Waals surface area contributed by atoms with E-state index in [9.17, 15) is 8.42 Å². The summed E-state index contributed by atoms with van der Waals surface area (Å²) in [6.45, 7) is 2.35. The minimum atomic E-state index is -2.94. The summed E-state index contributed by atoms with van der Waals surface area (Å²) in [6.07, 6.45) is 2.01. The number of nitrogens with zero attached hydrogens (tertiary/aromatic N) is 2. The Balaban J connectivity index is 2.76. The van der Waals surface area contributed by atoms with Crippen LogP contribution in [0.15, 0.2) is 6.07 Å². The molecule has 6 heteroatoms. The van der Waals surface area contributed by atoms with Gasteiger partial charge in [0.25, 0.3) is 0 Å². The smallest absolute Gasteiger partial charge is 0.149 e. The number of hydrogen-bond acceptors (Lipinski definition) is 4. The van der Waals surface area contributed by atoms with Gasteiger partial charge in [0.05, 0.1) is 12.3 Å². The normalized spacial score (nSPS) is 11.9. The topological polar surface area (TPSA) is 78.0 Å². The summed E-state index contributed by atoms with van der Waals surface area (Å²) in [4.78, 5) is 0. The van der Waals surface area contributed by atoms with Crippen molar-refractivity contribution in [2.75, 3.05) is 17.7 Å². The first-order valence-corrected chi connectivity index (χ1v) is 6.48. The molecule has 80 valence electrons. The van der Waals surface area contributed by atoms with Gasteiger partial charge in [0.15, 0.2) is 0 Å². The maximum Gasteiger partial charge on any atom is 0.149 e. The molecule has 0 spiro atoms. The lowest BCUT2D eigenvalue weighted by Crippen LogP contribution is -2.14. The lowest BCUT2D eigenvalue weighted by Gasteiger charge is -2.03. The van der Waals surface area contributed by atoms with Gasteiger partial charge in [-0.3, -0.25) is 4.68 Å². The third-order valence-electron chi connectivity index (χ3n) is 1.92. The minimum absolute atomic E-state index is 0.0983. The molecular weight excluding hydrogens is 202 g/mol. The van der Waals surface area contributed by atoms with E-state index in [1.165, 1.54) is 6.26 Å². The average molecular weight is 217 g/mol. The van der Waals surface area contributed by atoms with Crippen molar-refractivity contribution in [1.82, 2.24) is 9.78 Å². The standard InChI is InChI=1S/C8H15N3O2S/c1-3-7-6-8(9)10-11(7)4-5-14(2,12)13/h6H,3-5H2,1-2H3,(H2,9,10). The van der Waals surface area contributed by atoms with E-state index in [1.807, 2.05) is 6.92 Å². The Morgan fingerprint density at radius 2 is 2.21 bits per heavy atom. The summed E-state index contributed by atoms with van der Waals surface area (Å²) >= 11 is 0. The van der Waals surface area contributed by atoms with E-state index in [4.69, 9.17) is 5.73 Å². The van der Waals surface area contributed by atoms with Crippen molar-refractivity contribution < 1.29 is 8.42 Å². The predicted molar refractivity (Wildman–Crippen MR) is 55.7 cm³/mol. The molecular formula is C8H15N3O2S. The second-order valence-corrected chi connectivity index (χ2v) is 5.53. The highest BCUT2D eigenvalue weighted by atomic mass is 32.2. The summed E-state index contributed by atoms with van der Waals surface area (Å²) in [5.41, 5.74) is 6.48. The Morgan fingerprint density at radius 3 is 2.71 bits per heavy atom. The molecule has 0 atom stereocenters. The molecule has 0 unspecified atom stereocenters. The van der Waals surface area contributed by atoms with E-state index >= 15 is 0 Å². The maximum atomic E-state index is 10.9. The summed E-state index contributed by atoms with van der Waals surface area (Å²) in [5.74, 6) is 0.538. The molecule has 1 heterocycles. The highest BCUT2D eigenvalue weighted by molar-refractivity contribution is 7.90. The van der Waals surface area contributed by atoms with E-state index in [-0.39, 0.29) is 5.75 Å². The lowest BCUT2D eigenvalue weighted by molar-refractivity contribution is 0.580. The van der Waals surface area contributed by atoms with Crippen molar-refractivity contribution in [2.45, 2.75) is 19.9 Å². The van der Waals surface area contributed by atoms with Crippen molar-refractivity contribution in [1.29, 1.82) is 0 Å². The first-order valence-electron chi connectivity index (χ1n) is 4.42. The summed E-state index contributed by atoms with van der Waals surface area (Å²) in [7, 11) is -2.94. The van der Waals surface area contributed by atoms with E-state index in [0.717, 1.165) is 12.1 Å². The molecule has 2 N–H and O–H groups in total. The fourth-order valence-electron chi connectivity index (χ4n) is 1.21. The van der Waals surface area contributed by atoms with Gasteiger partial charge in [-0.25, -0.2) is 8.42 Å². The van der Waals surface area contributed by atoms with Crippen molar-refractivity contribution in [3.05, 3.63) is 11.8 Å². The van der Waals surface area contributed by atoms with Crippen molar-refractivity contribution in [2.24, 2.45) is 0 Å². The van der Waals surface area contributed by atoms with E-state index in [2.05, 4.69) is 5.10 Å². The predicted octanol–water partition coefficient (Wildman–Crippen LogP) is 0.0723. The molecule has 0 fully saturated rings. The zero-order valence-corrected chi connectivity index (χ0v) is 9.21. The molecule has 1 aromatic heterocycles. The zero-order chi connectivity index (χ0) is 10.8. The Morgan fingerprint density at radius 1 is 1.57 bits per heavy atom. The summed E-state index contributed by atoms with van der Waals surface area (Å²) in [5, 5.41) is 4.01. The Hall–Kier alpha value is -1.04. The van der Waals surface area contributed by atoms with Crippen LogP contribution in [0.25, 0.3) is 0 Å². The summed E-state index contributed by atoms with van der Waals surface area (Å²) < 4.78 is 23.5. The number of aromatic nitrogens is 2. The number of hydrogen-bond donors (Lipinski definition) is 1. The fourth-order valence-corrected chi connectivity index (χ4v) is 1.71. The highest BCUT2D eigenvalue weighted by Crippen LogP contribution is 2.06. The molecule has 0 saturated carbocycles. The van der Waals surface area contributed by atoms with Crippen LogP contribution in [0.3, 0.4) is 0 Å². The van der Waals surface area contributed by atoms with Gasteiger partial charge in [0.2, 0.25) is 0 Å². The molecule has 1 rings (SSSR count). The maximum absolute atomic E-state index is 10.9. The Kier molecular flexibility index (Phi) is 3.15. The van der Waals surface area contributed by atoms with Crippen LogP contribution in [0, 0.1) is 0 Å². The number of nitrogen functional groups attached to an aromatic ring is 1. The van der Waals surface area contributed by atoms with E-state index in [1.54, 1.807) is 10.7 Å². The van der Waals surface area contributed by atoms with Gasteiger partial charge in [-0.1, -0.05) is 6.92 Å². The molecule has 0 amide bonds. The molecule has 0 aliphatic heterocycles. The molecule has 0 aliphatic carbocycles. The molecule has 0 aliphatic rings. The third-order valence-corrected chi connectivity index (χ3v) is 2.84. The van der Waals surface area contributed by atoms with Crippen LogP contribution in [0.1, 0.15) is 12.6 Å². The molecule has 5 nitrogen and oxygen atoms in total. The number of rotatable bonds is 4. The first-order chi connectivity index (χ1) is 6.42. The van der Waals surface area contributed by atoms with Crippen LogP contribution in [0.4, 0.5) is 5.82 Å². The van der Waals surface area contributed by atoms with E-state index < -0.39 is 9.84 Å². The molecule has 0 bridgehead atoms. The van der Waals surface area contributed by atoms with E-state index in [0.29, 0.717) is 12.4 Å². The van der Waals surface area contributed by atoms with Gasteiger partial charge >= 0.3 is 0 Å². The second-order valence-electron chi connectivity index (χ2n) is 3.27. The quantitative estimate of drug-likeness (QED) is 0.774. The monoisotopic (exact) mass is 217 g/mol. The van der Waals surface area contributed by atoms with Crippen LogP contribution < -0.4 is 5.73 Å². The Labute approximate surface area is 83.8 Å². The summed E-state index contributed by atoms with van der Waals surface area (Å²) in [6, 6.07) is 1.77. The number of aryl methyl sites for hydroxylation is 2. The number of anilines is 1. The number of nitrogens with two attached hydrogens (primary N) is 1. The Bertz CT molecular complexity index is 408. The van der Waals surface area contributed by atoms with Gasteiger partial charge in [-0.2, -0.15) is 5.10 Å². The fraction of sp³-hybridized carbons (Fsp3) is 0.625. The van der Waals surface area contributed by atoms with Crippen molar-refractivity contribution in [3.8, 4) is 0 Å². The van der Waals surface area contributed by atoms with Crippen LogP contribution in [0.2, 0.25) is 0 Å². The molecule has 1 aromatic rings. The molecule has 14 heavy (non-hydrogen) atoms. The third kappa shape index (κ3) is 3.02. The molecule has 0 radical (unpaired) electrons. The first kappa shape index (κ1) is 11.0.